The summed E-state index contributed by atoms with van der Waals surface area (Å²) in [4.78, 5) is 20.8. The van der Waals surface area contributed by atoms with Gasteiger partial charge in [0.1, 0.15) is 6.29 Å². The van der Waals surface area contributed by atoms with E-state index in [0.717, 1.165) is 32.0 Å². The fraction of sp³-hybridized carbons (Fsp3) is 0.750. The second kappa shape index (κ2) is 14.9. The maximum atomic E-state index is 10.9. The molecule has 0 aliphatic rings. The van der Waals surface area contributed by atoms with Gasteiger partial charge in [-0.1, -0.05) is 33.8 Å². The Morgan fingerprint density at radius 1 is 0.947 bits per heavy atom. The molecule has 0 radical (unpaired) electrons. The number of carbonyl (C=O) groups is 2. The standard InChI is InChI=1S/C10H18O2.C6H12O/c1-4-9(5-2)7-8-10(11)12-6-3;1-3-6(4-2)5-7/h7-9H,4-6H2,1-3H3;5-6H,3-4H2,1-2H3/b8-7+;. The summed E-state index contributed by atoms with van der Waals surface area (Å²) in [6, 6.07) is 0. The van der Waals surface area contributed by atoms with Crippen LogP contribution in [0.4, 0.5) is 0 Å². The zero-order valence-electron chi connectivity index (χ0n) is 13.1. The molecule has 0 rings (SSSR count). The van der Waals surface area contributed by atoms with Crippen LogP contribution in [0.15, 0.2) is 12.2 Å². The molecule has 0 aromatic heterocycles. The SMILES string of the molecule is CCC(C=O)CC.CCOC(=O)/C=C/C(CC)CC. The van der Waals surface area contributed by atoms with E-state index in [4.69, 9.17) is 4.74 Å². The predicted molar refractivity (Wildman–Crippen MR) is 80.0 cm³/mol. The molecule has 0 atom stereocenters. The molecule has 3 nitrogen and oxygen atoms in total. The molecule has 0 saturated carbocycles. The summed E-state index contributed by atoms with van der Waals surface area (Å²) in [7, 11) is 0. The van der Waals surface area contributed by atoms with Crippen molar-refractivity contribution in [2.45, 2.75) is 60.3 Å². The number of carbonyl (C=O) groups excluding carboxylic acids is 2. The fourth-order valence-corrected chi connectivity index (χ4v) is 1.45. The average Bonchev–Trinajstić information content (AvgIpc) is 2.43. The molecule has 0 aliphatic carbocycles. The molecular weight excluding hydrogens is 240 g/mol. The number of rotatable bonds is 8. The number of esters is 1. The van der Waals surface area contributed by atoms with Crippen LogP contribution in [-0.2, 0) is 14.3 Å². The highest BCUT2D eigenvalue weighted by atomic mass is 16.5. The lowest BCUT2D eigenvalue weighted by Gasteiger charge is -2.04. The van der Waals surface area contributed by atoms with Crippen molar-refractivity contribution >= 4 is 12.3 Å². The van der Waals surface area contributed by atoms with Gasteiger partial charge in [0.25, 0.3) is 0 Å². The number of aldehydes is 1. The van der Waals surface area contributed by atoms with Crippen molar-refractivity contribution in [3.05, 3.63) is 12.2 Å². The minimum Gasteiger partial charge on any atom is -0.463 e. The van der Waals surface area contributed by atoms with Crippen LogP contribution in [0, 0.1) is 11.8 Å². The Morgan fingerprint density at radius 3 is 1.68 bits per heavy atom. The van der Waals surface area contributed by atoms with E-state index in [0.29, 0.717) is 18.4 Å². The Kier molecular flexibility index (Phi) is 15.9. The maximum absolute atomic E-state index is 10.9. The third kappa shape index (κ3) is 13.1. The quantitative estimate of drug-likeness (QED) is 0.378. The second-order valence-electron chi connectivity index (χ2n) is 4.40. The lowest BCUT2D eigenvalue weighted by atomic mass is 10.0. The lowest BCUT2D eigenvalue weighted by Crippen LogP contribution is -2.00. The Labute approximate surface area is 118 Å². The van der Waals surface area contributed by atoms with Crippen molar-refractivity contribution in [3.63, 3.8) is 0 Å². The largest absolute Gasteiger partial charge is 0.463 e. The van der Waals surface area contributed by atoms with Gasteiger partial charge in [-0.2, -0.15) is 0 Å². The van der Waals surface area contributed by atoms with Crippen molar-refractivity contribution in [1.29, 1.82) is 0 Å². The summed E-state index contributed by atoms with van der Waals surface area (Å²) in [6.45, 7) is 10.5. The molecule has 0 aromatic carbocycles. The highest BCUT2D eigenvalue weighted by Gasteiger charge is 1.99. The zero-order chi connectivity index (χ0) is 15.1. The van der Waals surface area contributed by atoms with Gasteiger partial charge in [-0.25, -0.2) is 4.79 Å². The molecule has 0 amide bonds. The first-order chi connectivity index (χ1) is 9.09. The molecular formula is C16H30O3. The fourth-order valence-electron chi connectivity index (χ4n) is 1.45. The first kappa shape index (κ1) is 20.2. The van der Waals surface area contributed by atoms with Gasteiger partial charge in [-0.15, -0.1) is 0 Å². The summed E-state index contributed by atoms with van der Waals surface area (Å²) in [5.41, 5.74) is 0. The predicted octanol–water partition coefficient (Wildman–Crippen LogP) is 4.16. The molecule has 0 heterocycles. The Hall–Kier alpha value is -1.12. The van der Waals surface area contributed by atoms with Crippen LogP contribution in [0.25, 0.3) is 0 Å². The third-order valence-electron chi connectivity index (χ3n) is 3.08. The Balaban J connectivity index is 0. The van der Waals surface area contributed by atoms with Gasteiger partial charge >= 0.3 is 5.97 Å². The number of hydrogen-bond acceptors (Lipinski definition) is 3. The summed E-state index contributed by atoms with van der Waals surface area (Å²) in [6.07, 6.45) is 8.61. The Morgan fingerprint density at radius 2 is 1.42 bits per heavy atom. The van der Waals surface area contributed by atoms with Gasteiger partial charge in [0.15, 0.2) is 0 Å². The van der Waals surface area contributed by atoms with E-state index in [-0.39, 0.29) is 5.97 Å². The van der Waals surface area contributed by atoms with E-state index in [2.05, 4.69) is 13.8 Å². The highest BCUT2D eigenvalue weighted by Crippen LogP contribution is 2.08. The minimum absolute atomic E-state index is 0.232. The first-order valence-corrected chi connectivity index (χ1v) is 7.39. The maximum Gasteiger partial charge on any atom is 0.330 e. The molecule has 0 unspecified atom stereocenters. The normalized spacial score (nSPS) is 10.5. The van der Waals surface area contributed by atoms with Gasteiger partial charge < -0.3 is 9.53 Å². The van der Waals surface area contributed by atoms with Crippen LogP contribution in [0.1, 0.15) is 60.3 Å². The van der Waals surface area contributed by atoms with E-state index in [1.807, 2.05) is 26.8 Å². The summed E-state index contributed by atoms with van der Waals surface area (Å²) >= 11 is 0. The number of allylic oxidation sites excluding steroid dienone is 1. The summed E-state index contributed by atoms with van der Waals surface area (Å²) in [5.74, 6) is 0.582. The van der Waals surface area contributed by atoms with Crippen LogP contribution in [0.5, 0.6) is 0 Å². The monoisotopic (exact) mass is 270 g/mol. The van der Waals surface area contributed by atoms with Gasteiger partial charge in [-0.3, -0.25) is 0 Å². The topological polar surface area (TPSA) is 43.4 Å². The molecule has 19 heavy (non-hydrogen) atoms. The van der Waals surface area contributed by atoms with Crippen molar-refractivity contribution in [1.82, 2.24) is 0 Å². The summed E-state index contributed by atoms with van der Waals surface area (Å²) < 4.78 is 4.76. The third-order valence-corrected chi connectivity index (χ3v) is 3.08. The molecule has 112 valence electrons. The molecule has 0 fully saturated rings. The molecule has 0 bridgehead atoms. The highest BCUT2D eigenvalue weighted by molar-refractivity contribution is 5.81. The van der Waals surface area contributed by atoms with E-state index in [1.54, 1.807) is 0 Å². The van der Waals surface area contributed by atoms with Crippen LogP contribution < -0.4 is 0 Å². The molecule has 0 N–H and O–H groups in total. The molecule has 0 aliphatic heterocycles. The van der Waals surface area contributed by atoms with Crippen LogP contribution in [-0.4, -0.2) is 18.9 Å². The van der Waals surface area contributed by atoms with E-state index < -0.39 is 0 Å². The minimum atomic E-state index is -0.232. The van der Waals surface area contributed by atoms with Crippen molar-refractivity contribution < 1.29 is 14.3 Å². The van der Waals surface area contributed by atoms with Crippen LogP contribution >= 0.6 is 0 Å². The second-order valence-corrected chi connectivity index (χ2v) is 4.40. The van der Waals surface area contributed by atoms with Crippen LogP contribution in [0.2, 0.25) is 0 Å². The molecule has 0 saturated heterocycles. The first-order valence-electron chi connectivity index (χ1n) is 7.39. The number of ether oxygens (including phenoxy) is 1. The summed E-state index contributed by atoms with van der Waals surface area (Å²) in [5, 5.41) is 0. The average molecular weight is 270 g/mol. The van der Waals surface area contributed by atoms with E-state index in [9.17, 15) is 9.59 Å². The van der Waals surface area contributed by atoms with Crippen molar-refractivity contribution in [2.24, 2.45) is 11.8 Å². The molecule has 0 spiro atoms. The molecule has 0 aromatic rings. The van der Waals surface area contributed by atoms with Gasteiger partial charge in [0.2, 0.25) is 0 Å². The van der Waals surface area contributed by atoms with Gasteiger partial charge in [0, 0.05) is 12.0 Å². The van der Waals surface area contributed by atoms with Crippen LogP contribution in [0.3, 0.4) is 0 Å². The lowest BCUT2D eigenvalue weighted by molar-refractivity contribution is -0.137. The van der Waals surface area contributed by atoms with Crippen molar-refractivity contribution in [3.8, 4) is 0 Å². The zero-order valence-corrected chi connectivity index (χ0v) is 13.1. The number of hydrogen-bond donors (Lipinski definition) is 0. The smallest absolute Gasteiger partial charge is 0.330 e. The molecule has 3 heteroatoms. The Bertz CT molecular complexity index is 238. The van der Waals surface area contributed by atoms with Gasteiger partial charge in [0.05, 0.1) is 6.61 Å². The van der Waals surface area contributed by atoms with Gasteiger partial charge in [-0.05, 0) is 38.5 Å². The van der Waals surface area contributed by atoms with Crippen molar-refractivity contribution in [2.75, 3.05) is 6.61 Å². The van der Waals surface area contributed by atoms with E-state index in [1.165, 1.54) is 6.08 Å². The van der Waals surface area contributed by atoms with E-state index >= 15 is 0 Å².